The number of halogens is 1. The van der Waals surface area contributed by atoms with Crippen LogP contribution < -0.4 is 10.6 Å². The lowest BCUT2D eigenvalue weighted by atomic mass is 10.1. The lowest BCUT2D eigenvalue weighted by Gasteiger charge is -2.15. The maximum Gasteiger partial charge on any atom is 0.251 e. The van der Waals surface area contributed by atoms with Crippen LogP contribution in [0.4, 0.5) is 10.1 Å². The SMILES string of the molecule is C=CC(=O)Nc1ccc(C(=O)NC(C)c2ccccc2F)cc1. The summed E-state index contributed by atoms with van der Waals surface area (Å²) in [5, 5.41) is 5.34. The van der Waals surface area contributed by atoms with Crippen LogP contribution in [0.2, 0.25) is 0 Å². The summed E-state index contributed by atoms with van der Waals surface area (Å²) in [5.74, 6) is -1.000. The molecular formula is C18H17FN2O2. The highest BCUT2D eigenvalue weighted by atomic mass is 19.1. The summed E-state index contributed by atoms with van der Waals surface area (Å²) in [6.45, 7) is 5.08. The van der Waals surface area contributed by atoms with E-state index in [0.717, 1.165) is 6.08 Å². The molecule has 23 heavy (non-hydrogen) atoms. The van der Waals surface area contributed by atoms with Gasteiger partial charge in [-0.05, 0) is 43.3 Å². The summed E-state index contributed by atoms with van der Waals surface area (Å²) in [4.78, 5) is 23.4. The van der Waals surface area contributed by atoms with E-state index in [9.17, 15) is 14.0 Å². The third-order valence-corrected chi connectivity index (χ3v) is 3.32. The van der Waals surface area contributed by atoms with Crippen molar-refractivity contribution in [1.82, 2.24) is 5.32 Å². The molecule has 0 saturated heterocycles. The zero-order valence-corrected chi connectivity index (χ0v) is 12.7. The van der Waals surface area contributed by atoms with Crippen molar-refractivity contribution in [2.45, 2.75) is 13.0 Å². The van der Waals surface area contributed by atoms with E-state index in [-0.39, 0.29) is 17.6 Å². The molecule has 1 atom stereocenters. The van der Waals surface area contributed by atoms with Gasteiger partial charge in [0.15, 0.2) is 0 Å². The molecule has 0 aliphatic carbocycles. The van der Waals surface area contributed by atoms with E-state index < -0.39 is 6.04 Å². The Hall–Kier alpha value is -2.95. The van der Waals surface area contributed by atoms with Crippen molar-refractivity contribution >= 4 is 17.5 Å². The smallest absolute Gasteiger partial charge is 0.251 e. The molecule has 0 aliphatic heterocycles. The number of anilines is 1. The van der Waals surface area contributed by atoms with E-state index in [4.69, 9.17) is 0 Å². The number of rotatable bonds is 5. The predicted molar refractivity (Wildman–Crippen MR) is 87.5 cm³/mol. The van der Waals surface area contributed by atoms with Gasteiger partial charge in [-0.15, -0.1) is 0 Å². The molecule has 1 unspecified atom stereocenters. The van der Waals surface area contributed by atoms with E-state index in [1.807, 2.05) is 0 Å². The van der Waals surface area contributed by atoms with Crippen molar-refractivity contribution in [3.05, 3.63) is 78.1 Å². The number of hydrogen-bond acceptors (Lipinski definition) is 2. The summed E-state index contributed by atoms with van der Waals surface area (Å²) in [6.07, 6.45) is 1.16. The summed E-state index contributed by atoms with van der Waals surface area (Å²) < 4.78 is 13.7. The van der Waals surface area contributed by atoms with Crippen LogP contribution in [-0.2, 0) is 4.79 Å². The molecule has 0 fully saturated rings. The molecule has 4 nitrogen and oxygen atoms in total. The molecule has 0 saturated carbocycles. The maximum atomic E-state index is 13.7. The molecule has 0 aliphatic rings. The molecule has 2 aromatic rings. The molecule has 0 radical (unpaired) electrons. The van der Waals surface area contributed by atoms with Crippen molar-refractivity contribution in [2.24, 2.45) is 0 Å². The Morgan fingerprint density at radius 2 is 1.78 bits per heavy atom. The number of carbonyl (C=O) groups is 2. The van der Waals surface area contributed by atoms with Gasteiger partial charge in [-0.25, -0.2) is 4.39 Å². The fourth-order valence-corrected chi connectivity index (χ4v) is 2.08. The largest absolute Gasteiger partial charge is 0.345 e. The number of hydrogen-bond donors (Lipinski definition) is 2. The van der Waals surface area contributed by atoms with Crippen LogP contribution >= 0.6 is 0 Å². The summed E-state index contributed by atoms with van der Waals surface area (Å²) >= 11 is 0. The fourth-order valence-electron chi connectivity index (χ4n) is 2.08. The first kappa shape index (κ1) is 16.4. The van der Waals surface area contributed by atoms with Gasteiger partial charge >= 0.3 is 0 Å². The van der Waals surface area contributed by atoms with Gasteiger partial charge in [-0.1, -0.05) is 24.8 Å². The second-order valence-electron chi connectivity index (χ2n) is 4.99. The molecule has 2 aromatic carbocycles. The Bertz CT molecular complexity index is 726. The van der Waals surface area contributed by atoms with Gasteiger partial charge in [0.25, 0.3) is 5.91 Å². The Balaban J connectivity index is 2.04. The first-order valence-electron chi connectivity index (χ1n) is 7.10. The maximum absolute atomic E-state index is 13.7. The third kappa shape index (κ3) is 4.26. The number of carbonyl (C=O) groups excluding carboxylic acids is 2. The van der Waals surface area contributed by atoms with Gasteiger partial charge in [-0.3, -0.25) is 9.59 Å². The van der Waals surface area contributed by atoms with Crippen molar-refractivity contribution in [1.29, 1.82) is 0 Å². The van der Waals surface area contributed by atoms with E-state index in [1.54, 1.807) is 49.4 Å². The van der Waals surface area contributed by atoms with Crippen LogP contribution in [0.3, 0.4) is 0 Å². The minimum Gasteiger partial charge on any atom is -0.345 e. The lowest BCUT2D eigenvalue weighted by molar-refractivity contribution is -0.111. The van der Waals surface area contributed by atoms with Crippen LogP contribution in [0.15, 0.2) is 61.2 Å². The van der Waals surface area contributed by atoms with Crippen LogP contribution in [0.25, 0.3) is 0 Å². The molecule has 2 amide bonds. The van der Waals surface area contributed by atoms with Crippen molar-refractivity contribution in [3.63, 3.8) is 0 Å². The summed E-state index contributed by atoms with van der Waals surface area (Å²) in [5.41, 5.74) is 1.41. The van der Waals surface area contributed by atoms with E-state index >= 15 is 0 Å². The lowest BCUT2D eigenvalue weighted by Crippen LogP contribution is -2.27. The average Bonchev–Trinajstić information content (AvgIpc) is 2.55. The Labute approximate surface area is 134 Å². The van der Waals surface area contributed by atoms with E-state index in [2.05, 4.69) is 17.2 Å². The molecule has 5 heteroatoms. The highest BCUT2D eigenvalue weighted by Gasteiger charge is 2.14. The zero-order valence-electron chi connectivity index (χ0n) is 12.7. The predicted octanol–water partition coefficient (Wildman–Crippen LogP) is 3.44. The topological polar surface area (TPSA) is 58.2 Å². The zero-order chi connectivity index (χ0) is 16.8. The first-order valence-corrected chi connectivity index (χ1v) is 7.10. The summed E-state index contributed by atoms with van der Waals surface area (Å²) in [6, 6.07) is 12.3. The van der Waals surface area contributed by atoms with Gasteiger partial charge in [0, 0.05) is 16.8 Å². The highest BCUT2D eigenvalue weighted by Crippen LogP contribution is 2.17. The molecule has 2 N–H and O–H groups in total. The van der Waals surface area contributed by atoms with Gasteiger partial charge in [0.1, 0.15) is 5.82 Å². The Morgan fingerprint density at radius 3 is 2.39 bits per heavy atom. The van der Waals surface area contributed by atoms with E-state index in [0.29, 0.717) is 16.8 Å². The van der Waals surface area contributed by atoms with Crippen LogP contribution in [-0.4, -0.2) is 11.8 Å². The van der Waals surface area contributed by atoms with Gasteiger partial charge in [0.2, 0.25) is 5.91 Å². The van der Waals surface area contributed by atoms with Gasteiger partial charge in [-0.2, -0.15) is 0 Å². The minimum absolute atomic E-state index is 0.317. The molecule has 0 bridgehead atoms. The Morgan fingerprint density at radius 1 is 1.13 bits per heavy atom. The minimum atomic E-state index is -0.455. The van der Waals surface area contributed by atoms with Gasteiger partial charge < -0.3 is 10.6 Å². The van der Waals surface area contributed by atoms with Crippen molar-refractivity contribution in [3.8, 4) is 0 Å². The quantitative estimate of drug-likeness (QED) is 0.831. The summed E-state index contributed by atoms with van der Waals surface area (Å²) in [7, 11) is 0. The second kappa shape index (κ2) is 7.35. The standard InChI is InChI=1S/C18H17FN2O2/c1-3-17(22)21-14-10-8-13(9-11-14)18(23)20-12(2)15-6-4-5-7-16(15)19/h3-12H,1H2,2H3,(H,20,23)(H,21,22). The molecule has 0 aromatic heterocycles. The van der Waals surface area contributed by atoms with Crippen LogP contribution in [0, 0.1) is 5.82 Å². The number of benzene rings is 2. The molecule has 0 spiro atoms. The number of amides is 2. The molecule has 118 valence electrons. The molecular weight excluding hydrogens is 295 g/mol. The van der Waals surface area contributed by atoms with Crippen LogP contribution in [0.5, 0.6) is 0 Å². The normalized spacial score (nSPS) is 11.4. The fraction of sp³-hybridized carbons (Fsp3) is 0.111. The second-order valence-corrected chi connectivity index (χ2v) is 4.99. The first-order chi connectivity index (χ1) is 11.0. The highest BCUT2D eigenvalue weighted by molar-refractivity contribution is 5.99. The average molecular weight is 312 g/mol. The molecule has 0 heterocycles. The monoisotopic (exact) mass is 312 g/mol. The van der Waals surface area contributed by atoms with Crippen molar-refractivity contribution in [2.75, 3.05) is 5.32 Å². The molecule has 2 rings (SSSR count). The van der Waals surface area contributed by atoms with Gasteiger partial charge in [0.05, 0.1) is 6.04 Å². The Kier molecular flexibility index (Phi) is 5.25. The van der Waals surface area contributed by atoms with E-state index in [1.165, 1.54) is 6.07 Å². The van der Waals surface area contributed by atoms with Crippen LogP contribution in [0.1, 0.15) is 28.9 Å². The van der Waals surface area contributed by atoms with Crippen molar-refractivity contribution < 1.29 is 14.0 Å². The number of nitrogens with one attached hydrogen (secondary N) is 2. The third-order valence-electron chi connectivity index (χ3n) is 3.32.